The van der Waals surface area contributed by atoms with Gasteiger partial charge in [-0.3, -0.25) is 0 Å². The Bertz CT molecular complexity index is 993. The Hall–Kier alpha value is -2.79. The van der Waals surface area contributed by atoms with Crippen LogP contribution in [-0.2, 0) is 0 Å². The molecule has 0 fully saturated rings. The van der Waals surface area contributed by atoms with Gasteiger partial charge in [0, 0.05) is 5.56 Å². The molecular formula is C18H14N4S. The second-order valence-corrected chi connectivity index (χ2v) is 6.26. The fraction of sp³-hybridized carbons (Fsp3) is 0.0556. The summed E-state index contributed by atoms with van der Waals surface area (Å²) in [5.41, 5.74) is 11.3. The van der Waals surface area contributed by atoms with Crippen LogP contribution in [0.5, 0.6) is 0 Å². The molecule has 0 spiro atoms. The van der Waals surface area contributed by atoms with Crippen molar-refractivity contribution < 1.29 is 0 Å². The topological polar surface area (TPSA) is 64.7 Å². The van der Waals surface area contributed by atoms with Gasteiger partial charge in [0.2, 0.25) is 5.95 Å². The van der Waals surface area contributed by atoms with E-state index in [4.69, 9.17) is 10.7 Å². The zero-order valence-corrected chi connectivity index (χ0v) is 13.3. The van der Waals surface area contributed by atoms with Gasteiger partial charge in [-0.25, -0.2) is 15.0 Å². The lowest BCUT2D eigenvalue weighted by atomic mass is 10.1. The average Bonchev–Trinajstić information content (AvgIpc) is 3.01. The van der Waals surface area contributed by atoms with Crippen molar-refractivity contribution in [2.24, 2.45) is 0 Å². The molecule has 4 rings (SSSR count). The standard InChI is InChI=1S/C18H14N4S/c1-11-9-15(23-10-11)13-7-8-14-17(20-13)16(22-18(19)21-14)12-5-3-2-4-6-12/h2-10H,1H3,(H2,19,21,22). The molecule has 5 heteroatoms. The summed E-state index contributed by atoms with van der Waals surface area (Å²) >= 11 is 1.69. The van der Waals surface area contributed by atoms with E-state index < -0.39 is 0 Å². The summed E-state index contributed by atoms with van der Waals surface area (Å²) < 4.78 is 0. The maximum Gasteiger partial charge on any atom is 0.221 e. The van der Waals surface area contributed by atoms with Crippen molar-refractivity contribution in [3.63, 3.8) is 0 Å². The van der Waals surface area contributed by atoms with Gasteiger partial charge in [0.1, 0.15) is 11.2 Å². The first-order chi connectivity index (χ1) is 11.2. The average molecular weight is 318 g/mol. The third-order valence-electron chi connectivity index (χ3n) is 3.59. The first-order valence-corrected chi connectivity index (χ1v) is 8.14. The second kappa shape index (κ2) is 5.44. The second-order valence-electron chi connectivity index (χ2n) is 5.35. The molecule has 2 N–H and O–H groups in total. The lowest BCUT2D eigenvalue weighted by molar-refractivity contribution is 1.22. The van der Waals surface area contributed by atoms with E-state index in [9.17, 15) is 0 Å². The molecule has 23 heavy (non-hydrogen) atoms. The van der Waals surface area contributed by atoms with E-state index in [0.29, 0.717) is 0 Å². The van der Waals surface area contributed by atoms with E-state index in [2.05, 4.69) is 28.3 Å². The van der Waals surface area contributed by atoms with Crippen molar-refractivity contribution in [3.05, 3.63) is 59.5 Å². The third-order valence-corrected chi connectivity index (χ3v) is 4.66. The molecule has 0 saturated heterocycles. The van der Waals surface area contributed by atoms with Crippen LogP contribution in [0.25, 0.3) is 32.9 Å². The Labute approximate surface area is 137 Å². The normalized spacial score (nSPS) is 11.0. The van der Waals surface area contributed by atoms with Crippen molar-refractivity contribution in [1.82, 2.24) is 15.0 Å². The van der Waals surface area contributed by atoms with E-state index in [1.165, 1.54) is 5.56 Å². The summed E-state index contributed by atoms with van der Waals surface area (Å²) in [5.74, 6) is 0.262. The predicted octanol–water partition coefficient (Wildman–Crippen LogP) is 4.31. The molecule has 4 aromatic rings. The molecule has 0 amide bonds. The van der Waals surface area contributed by atoms with Crippen LogP contribution in [0.3, 0.4) is 0 Å². The van der Waals surface area contributed by atoms with E-state index in [-0.39, 0.29) is 5.95 Å². The van der Waals surface area contributed by atoms with Gasteiger partial charge >= 0.3 is 0 Å². The van der Waals surface area contributed by atoms with E-state index >= 15 is 0 Å². The van der Waals surface area contributed by atoms with Gasteiger partial charge in [-0.2, -0.15) is 0 Å². The Morgan fingerprint density at radius 1 is 0.957 bits per heavy atom. The highest BCUT2D eigenvalue weighted by molar-refractivity contribution is 7.13. The van der Waals surface area contributed by atoms with Crippen LogP contribution in [0.15, 0.2) is 53.9 Å². The van der Waals surface area contributed by atoms with Crippen LogP contribution in [0.2, 0.25) is 0 Å². The number of nitrogens with two attached hydrogens (primary N) is 1. The number of nitrogen functional groups attached to an aromatic ring is 1. The van der Waals surface area contributed by atoms with Crippen molar-refractivity contribution in [1.29, 1.82) is 0 Å². The molecule has 0 saturated carbocycles. The van der Waals surface area contributed by atoms with Crippen LogP contribution in [-0.4, -0.2) is 15.0 Å². The molecule has 0 unspecified atom stereocenters. The monoisotopic (exact) mass is 318 g/mol. The summed E-state index contributed by atoms with van der Waals surface area (Å²) in [6, 6.07) is 16.0. The highest BCUT2D eigenvalue weighted by atomic mass is 32.1. The number of aromatic nitrogens is 3. The summed E-state index contributed by atoms with van der Waals surface area (Å²) in [6.07, 6.45) is 0. The van der Waals surface area contributed by atoms with Gasteiger partial charge < -0.3 is 5.73 Å². The number of nitrogens with zero attached hydrogens (tertiary/aromatic N) is 3. The molecule has 0 aliphatic carbocycles. The predicted molar refractivity (Wildman–Crippen MR) is 95.2 cm³/mol. The number of aryl methyl sites for hydroxylation is 1. The third kappa shape index (κ3) is 2.55. The van der Waals surface area contributed by atoms with Gasteiger partial charge in [0.15, 0.2) is 0 Å². The summed E-state index contributed by atoms with van der Waals surface area (Å²) in [4.78, 5) is 14.7. The lowest BCUT2D eigenvalue weighted by Gasteiger charge is -2.07. The number of hydrogen-bond donors (Lipinski definition) is 1. The van der Waals surface area contributed by atoms with Gasteiger partial charge in [0.25, 0.3) is 0 Å². The minimum Gasteiger partial charge on any atom is -0.368 e. The molecule has 0 atom stereocenters. The minimum atomic E-state index is 0.262. The molecule has 112 valence electrons. The van der Waals surface area contributed by atoms with Gasteiger partial charge in [-0.1, -0.05) is 30.3 Å². The zero-order chi connectivity index (χ0) is 15.8. The van der Waals surface area contributed by atoms with E-state index in [0.717, 1.165) is 32.9 Å². The first kappa shape index (κ1) is 13.8. The Morgan fingerprint density at radius 2 is 1.78 bits per heavy atom. The largest absolute Gasteiger partial charge is 0.368 e. The van der Waals surface area contributed by atoms with Gasteiger partial charge in [-0.15, -0.1) is 11.3 Å². The van der Waals surface area contributed by atoms with Crippen molar-refractivity contribution in [2.75, 3.05) is 5.73 Å². The Morgan fingerprint density at radius 3 is 2.52 bits per heavy atom. The van der Waals surface area contributed by atoms with Crippen LogP contribution >= 0.6 is 11.3 Å². The Kier molecular flexibility index (Phi) is 3.28. The molecule has 4 nitrogen and oxygen atoms in total. The minimum absolute atomic E-state index is 0.262. The fourth-order valence-electron chi connectivity index (χ4n) is 2.53. The molecule has 0 aliphatic heterocycles. The lowest BCUT2D eigenvalue weighted by Crippen LogP contribution is -1.99. The van der Waals surface area contributed by atoms with Crippen LogP contribution in [0.1, 0.15) is 5.56 Å². The summed E-state index contributed by atoms with van der Waals surface area (Å²) in [7, 11) is 0. The van der Waals surface area contributed by atoms with Crippen molar-refractivity contribution >= 4 is 28.3 Å². The quantitative estimate of drug-likeness (QED) is 0.598. The molecular weight excluding hydrogens is 304 g/mol. The molecule has 0 aliphatic rings. The maximum absolute atomic E-state index is 5.87. The zero-order valence-electron chi connectivity index (χ0n) is 12.5. The molecule has 0 radical (unpaired) electrons. The van der Waals surface area contributed by atoms with Crippen molar-refractivity contribution in [2.45, 2.75) is 6.92 Å². The van der Waals surface area contributed by atoms with Crippen LogP contribution in [0.4, 0.5) is 5.95 Å². The molecule has 3 heterocycles. The van der Waals surface area contributed by atoms with Crippen LogP contribution < -0.4 is 5.73 Å². The number of hydrogen-bond acceptors (Lipinski definition) is 5. The number of thiophene rings is 1. The van der Waals surface area contributed by atoms with Crippen molar-refractivity contribution in [3.8, 4) is 21.8 Å². The Balaban J connectivity index is 1.98. The number of rotatable bonds is 2. The molecule has 1 aromatic carbocycles. The number of anilines is 1. The van der Waals surface area contributed by atoms with Gasteiger partial charge in [-0.05, 0) is 36.1 Å². The fourth-order valence-corrected chi connectivity index (χ4v) is 3.40. The summed E-state index contributed by atoms with van der Waals surface area (Å²) in [6.45, 7) is 2.08. The molecule has 0 bridgehead atoms. The number of benzene rings is 1. The van der Waals surface area contributed by atoms with E-state index in [1.807, 2.05) is 42.5 Å². The maximum atomic E-state index is 5.87. The first-order valence-electron chi connectivity index (χ1n) is 7.26. The summed E-state index contributed by atoms with van der Waals surface area (Å²) in [5, 5.41) is 2.12. The highest BCUT2D eigenvalue weighted by Gasteiger charge is 2.12. The number of pyridine rings is 1. The van der Waals surface area contributed by atoms with Gasteiger partial charge in [0.05, 0.1) is 16.1 Å². The van der Waals surface area contributed by atoms with Crippen LogP contribution in [0, 0.1) is 6.92 Å². The van der Waals surface area contributed by atoms with E-state index in [1.54, 1.807) is 11.3 Å². The number of fused-ring (bicyclic) bond motifs is 1. The highest BCUT2D eigenvalue weighted by Crippen LogP contribution is 2.30. The SMILES string of the molecule is Cc1csc(-c2ccc3nc(N)nc(-c4ccccc4)c3n2)c1. The smallest absolute Gasteiger partial charge is 0.221 e. The molecule has 3 aromatic heterocycles.